The molecule has 2 heterocycles. The second-order valence-corrected chi connectivity index (χ2v) is 4.80. The third-order valence-electron chi connectivity index (χ3n) is 3.59. The Morgan fingerprint density at radius 1 is 1.38 bits per heavy atom. The van der Waals surface area contributed by atoms with Gasteiger partial charge in [0.2, 0.25) is 5.88 Å². The average Bonchev–Trinajstić information content (AvgIpc) is 2.49. The lowest BCUT2D eigenvalue weighted by molar-refractivity contribution is 0.166. The molecule has 2 rings (SSSR count). The maximum atomic E-state index is 5.12. The van der Waals surface area contributed by atoms with Crippen LogP contribution in [-0.4, -0.2) is 43.2 Å². The van der Waals surface area contributed by atoms with Crippen LogP contribution in [0.5, 0.6) is 5.88 Å². The average molecular weight is 334 g/mol. The van der Waals surface area contributed by atoms with E-state index in [-0.39, 0.29) is 24.8 Å². The molecule has 1 aromatic heterocycles. The number of hydrogen-bond donors (Lipinski definition) is 1. The minimum absolute atomic E-state index is 0. The Hall–Kier alpha value is -0.810. The van der Waals surface area contributed by atoms with Crippen LogP contribution in [0.3, 0.4) is 0 Å². The van der Waals surface area contributed by atoms with Crippen molar-refractivity contribution in [3.8, 4) is 5.88 Å². The van der Waals surface area contributed by atoms with E-state index in [1.54, 1.807) is 7.11 Å². The SMILES string of the molecule is C=CCC[C@@H](c1ccc(OC)nc1)N1CCNCC1.Cl.Cl. The number of ether oxygens (including phenoxy) is 1. The predicted molar refractivity (Wildman–Crippen MR) is 91.9 cm³/mol. The lowest BCUT2D eigenvalue weighted by Gasteiger charge is -2.35. The van der Waals surface area contributed by atoms with Gasteiger partial charge in [-0.25, -0.2) is 4.98 Å². The molecule has 6 heteroatoms. The molecule has 1 aromatic rings. The lowest BCUT2D eigenvalue weighted by Crippen LogP contribution is -2.45. The molecule has 0 amide bonds. The first-order valence-corrected chi connectivity index (χ1v) is 6.90. The molecule has 0 saturated carbocycles. The number of nitrogens with zero attached hydrogens (tertiary/aromatic N) is 2. The van der Waals surface area contributed by atoms with Gasteiger partial charge in [-0.2, -0.15) is 0 Å². The first-order chi connectivity index (χ1) is 9.35. The van der Waals surface area contributed by atoms with Crippen LogP contribution in [0, 0.1) is 0 Å². The van der Waals surface area contributed by atoms with E-state index < -0.39 is 0 Å². The number of hydrogen-bond acceptors (Lipinski definition) is 4. The van der Waals surface area contributed by atoms with Gasteiger partial charge in [0.15, 0.2) is 0 Å². The number of rotatable bonds is 6. The number of piperazine rings is 1. The predicted octanol–water partition coefficient (Wildman–Crippen LogP) is 2.85. The van der Waals surface area contributed by atoms with Crippen LogP contribution in [-0.2, 0) is 0 Å². The van der Waals surface area contributed by atoms with E-state index in [0.717, 1.165) is 39.0 Å². The number of nitrogens with one attached hydrogen (secondary N) is 1. The number of pyridine rings is 1. The maximum absolute atomic E-state index is 5.12. The standard InChI is InChI=1S/C15H23N3O.2ClH/c1-3-4-5-14(18-10-8-16-9-11-18)13-6-7-15(19-2)17-12-13;;/h3,6-7,12,14,16H,1,4-5,8-11H2,2H3;2*1H/t14-;;/m0../s1. The molecule has 1 fully saturated rings. The molecule has 1 atom stereocenters. The Morgan fingerprint density at radius 2 is 2.10 bits per heavy atom. The van der Waals surface area contributed by atoms with E-state index in [1.165, 1.54) is 5.56 Å². The summed E-state index contributed by atoms with van der Waals surface area (Å²) in [5.74, 6) is 0.673. The van der Waals surface area contributed by atoms with Crippen molar-refractivity contribution < 1.29 is 4.74 Å². The van der Waals surface area contributed by atoms with E-state index >= 15 is 0 Å². The molecule has 0 aromatic carbocycles. The molecule has 0 radical (unpaired) electrons. The Balaban J connectivity index is 0.00000200. The molecule has 21 heavy (non-hydrogen) atoms. The van der Waals surface area contributed by atoms with Crippen LogP contribution in [0.15, 0.2) is 31.0 Å². The highest BCUT2D eigenvalue weighted by Gasteiger charge is 2.21. The summed E-state index contributed by atoms with van der Waals surface area (Å²) in [5.41, 5.74) is 1.27. The van der Waals surface area contributed by atoms with Crippen molar-refractivity contribution in [2.75, 3.05) is 33.3 Å². The first kappa shape index (κ1) is 20.2. The minimum Gasteiger partial charge on any atom is -0.481 e. The molecule has 0 bridgehead atoms. The Morgan fingerprint density at radius 3 is 2.62 bits per heavy atom. The highest BCUT2D eigenvalue weighted by molar-refractivity contribution is 5.85. The fraction of sp³-hybridized carbons (Fsp3) is 0.533. The zero-order valence-corrected chi connectivity index (χ0v) is 14.1. The Labute approximate surface area is 139 Å². The van der Waals surface area contributed by atoms with Crippen molar-refractivity contribution in [1.29, 1.82) is 0 Å². The molecule has 1 N–H and O–H groups in total. The van der Waals surface area contributed by atoms with Crippen molar-refractivity contribution >= 4 is 24.8 Å². The number of allylic oxidation sites excluding steroid dienone is 1. The van der Waals surface area contributed by atoms with E-state index in [0.29, 0.717) is 11.9 Å². The summed E-state index contributed by atoms with van der Waals surface area (Å²) in [6, 6.07) is 4.50. The van der Waals surface area contributed by atoms with Gasteiger partial charge in [-0.1, -0.05) is 12.1 Å². The number of aromatic nitrogens is 1. The zero-order chi connectivity index (χ0) is 13.5. The number of methoxy groups -OCH3 is 1. The van der Waals surface area contributed by atoms with E-state index in [2.05, 4.69) is 27.8 Å². The highest BCUT2D eigenvalue weighted by atomic mass is 35.5. The topological polar surface area (TPSA) is 37.4 Å². The third kappa shape index (κ3) is 5.83. The lowest BCUT2D eigenvalue weighted by atomic mass is 10.0. The van der Waals surface area contributed by atoms with Crippen molar-refractivity contribution in [3.63, 3.8) is 0 Å². The first-order valence-electron chi connectivity index (χ1n) is 6.90. The summed E-state index contributed by atoms with van der Waals surface area (Å²) < 4.78 is 5.12. The third-order valence-corrected chi connectivity index (χ3v) is 3.59. The second kappa shape index (κ2) is 10.9. The summed E-state index contributed by atoms with van der Waals surface area (Å²) >= 11 is 0. The van der Waals surface area contributed by atoms with Gasteiger partial charge in [-0.15, -0.1) is 31.4 Å². The normalized spacial score (nSPS) is 16.2. The molecular formula is C15H25Cl2N3O. The van der Waals surface area contributed by atoms with Crippen LogP contribution in [0.2, 0.25) is 0 Å². The van der Waals surface area contributed by atoms with Crippen molar-refractivity contribution in [2.24, 2.45) is 0 Å². The summed E-state index contributed by atoms with van der Waals surface area (Å²) in [6.07, 6.45) is 6.05. The fourth-order valence-electron chi connectivity index (χ4n) is 2.54. The molecule has 0 unspecified atom stereocenters. The molecular weight excluding hydrogens is 309 g/mol. The van der Waals surface area contributed by atoms with E-state index in [1.807, 2.05) is 18.3 Å². The maximum Gasteiger partial charge on any atom is 0.212 e. The van der Waals surface area contributed by atoms with Gasteiger partial charge in [-0.05, 0) is 18.4 Å². The van der Waals surface area contributed by atoms with Gasteiger partial charge in [0.05, 0.1) is 7.11 Å². The largest absolute Gasteiger partial charge is 0.481 e. The van der Waals surface area contributed by atoms with Gasteiger partial charge >= 0.3 is 0 Å². The molecule has 1 saturated heterocycles. The molecule has 4 nitrogen and oxygen atoms in total. The van der Waals surface area contributed by atoms with Crippen LogP contribution in [0.4, 0.5) is 0 Å². The second-order valence-electron chi connectivity index (χ2n) is 4.80. The number of halogens is 2. The highest BCUT2D eigenvalue weighted by Crippen LogP contribution is 2.26. The molecule has 120 valence electrons. The van der Waals surface area contributed by atoms with Crippen LogP contribution < -0.4 is 10.1 Å². The monoisotopic (exact) mass is 333 g/mol. The fourth-order valence-corrected chi connectivity index (χ4v) is 2.54. The molecule has 1 aliphatic rings. The minimum atomic E-state index is 0. The van der Waals surface area contributed by atoms with Gasteiger partial charge in [0, 0.05) is 44.5 Å². The van der Waals surface area contributed by atoms with Crippen LogP contribution in [0.25, 0.3) is 0 Å². The molecule has 1 aliphatic heterocycles. The van der Waals surface area contributed by atoms with Gasteiger partial charge in [-0.3, -0.25) is 4.90 Å². The van der Waals surface area contributed by atoms with E-state index in [9.17, 15) is 0 Å². The summed E-state index contributed by atoms with van der Waals surface area (Å²) in [7, 11) is 1.65. The smallest absolute Gasteiger partial charge is 0.212 e. The van der Waals surface area contributed by atoms with Crippen LogP contribution in [0.1, 0.15) is 24.4 Å². The molecule has 0 spiro atoms. The van der Waals surface area contributed by atoms with Crippen LogP contribution >= 0.6 is 24.8 Å². The Bertz CT molecular complexity index is 394. The summed E-state index contributed by atoms with van der Waals surface area (Å²) in [5, 5.41) is 3.40. The zero-order valence-electron chi connectivity index (χ0n) is 12.5. The van der Waals surface area contributed by atoms with Crippen molar-refractivity contribution in [2.45, 2.75) is 18.9 Å². The quantitative estimate of drug-likeness (QED) is 0.812. The summed E-state index contributed by atoms with van der Waals surface area (Å²) in [6.45, 7) is 8.14. The van der Waals surface area contributed by atoms with Gasteiger partial charge in [0.1, 0.15) is 0 Å². The molecule has 0 aliphatic carbocycles. The van der Waals surface area contributed by atoms with E-state index in [4.69, 9.17) is 4.74 Å². The van der Waals surface area contributed by atoms with Crippen molar-refractivity contribution in [1.82, 2.24) is 15.2 Å². The Kier molecular flexibility index (Phi) is 10.4. The van der Waals surface area contributed by atoms with Crippen molar-refractivity contribution in [3.05, 3.63) is 36.5 Å². The van der Waals surface area contributed by atoms with Gasteiger partial charge < -0.3 is 10.1 Å². The summed E-state index contributed by atoms with van der Waals surface area (Å²) in [4.78, 5) is 6.86. The van der Waals surface area contributed by atoms with Gasteiger partial charge in [0.25, 0.3) is 0 Å².